The number of hydrogen-bond donors (Lipinski definition) is 0. The highest BCUT2D eigenvalue weighted by Crippen LogP contribution is 2.40. The fraction of sp³-hybridized carbons (Fsp3) is 0.267. The molecule has 10 heteroatoms. The molecule has 0 bridgehead atoms. The normalized spacial score (nSPS) is 19.7. The number of aromatic nitrogens is 3. The number of benzene rings is 2. The number of nitrogens with zero attached hydrogens (tertiary/aromatic N) is 6. The van der Waals surface area contributed by atoms with E-state index in [1.165, 1.54) is 23.1 Å². The molecule has 2 aromatic carbocycles. The Labute approximate surface area is 229 Å². The highest BCUT2D eigenvalue weighted by Gasteiger charge is 2.42. The number of carbonyl (C=O) groups is 2. The molecule has 1 aliphatic heterocycles. The lowest BCUT2D eigenvalue weighted by Gasteiger charge is -2.35. The standard InChI is InChI=1S/C30H26F2N6O2/c1-3-34-27(33-2)24-15-26-25(16-35-24)36-28(21-9-4-5-10-23(21)32)37(26)18-7-6-8-19(14-18)38-29(39)20-12-11-17(31)13-22(20)30(38)40/h3-5,9-13,15-16,18-19H,6-8,14H2,1-2H3/t18-,19+/m1/s1. The number of amides is 2. The maximum absolute atomic E-state index is 15.1. The molecule has 6 rings (SSSR count). The number of hydrogen-bond acceptors (Lipinski definition) is 5. The Hall–Kier alpha value is -4.60. The monoisotopic (exact) mass is 540 g/mol. The van der Waals surface area contributed by atoms with Gasteiger partial charge in [0.15, 0.2) is 5.84 Å². The van der Waals surface area contributed by atoms with Gasteiger partial charge in [-0.1, -0.05) is 12.1 Å². The molecule has 8 nitrogen and oxygen atoms in total. The lowest BCUT2D eigenvalue weighted by molar-refractivity contribution is 0.0526. The summed E-state index contributed by atoms with van der Waals surface area (Å²) >= 11 is 0. The summed E-state index contributed by atoms with van der Waals surface area (Å²) in [6.07, 6.45) is 5.79. The molecule has 2 aromatic heterocycles. The molecule has 1 fully saturated rings. The fourth-order valence-electron chi connectivity index (χ4n) is 5.86. The van der Waals surface area contributed by atoms with Gasteiger partial charge in [-0.3, -0.25) is 24.5 Å². The molecule has 0 spiro atoms. The lowest BCUT2D eigenvalue weighted by Crippen LogP contribution is -2.43. The van der Waals surface area contributed by atoms with Crippen LogP contribution in [0.15, 0.2) is 64.7 Å². The van der Waals surface area contributed by atoms with Gasteiger partial charge in [0.1, 0.15) is 28.7 Å². The van der Waals surface area contributed by atoms with Crippen LogP contribution in [0, 0.1) is 11.6 Å². The molecule has 0 N–H and O–H groups in total. The van der Waals surface area contributed by atoms with Gasteiger partial charge in [-0.2, -0.15) is 0 Å². The third-order valence-electron chi connectivity index (χ3n) is 7.61. The van der Waals surface area contributed by atoms with Gasteiger partial charge >= 0.3 is 0 Å². The number of imide groups is 1. The van der Waals surface area contributed by atoms with Crippen LogP contribution in [0.3, 0.4) is 0 Å². The van der Waals surface area contributed by atoms with Crippen molar-refractivity contribution in [1.82, 2.24) is 19.4 Å². The molecule has 202 valence electrons. The average Bonchev–Trinajstić information content (AvgIpc) is 3.45. The topological polar surface area (TPSA) is 92.8 Å². The number of amidine groups is 1. The van der Waals surface area contributed by atoms with E-state index < -0.39 is 29.5 Å². The van der Waals surface area contributed by atoms with Crippen molar-refractivity contribution in [2.75, 3.05) is 7.05 Å². The molecule has 2 aliphatic rings. The minimum Gasteiger partial charge on any atom is -0.321 e. The molecule has 0 unspecified atom stereocenters. The molecule has 0 saturated heterocycles. The molecular weight excluding hydrogens is 514 g/mol. The summed E-state index contributed by atoms with van der Waals surface area (Å²) in [5.74, 6) is -0.978. The quantitative estimate of drug-likeness (QED) is 0.191. The van der Waals surface area contributed by atoms with Gasteiger partial charge in [-0.25, -0.2) is 18.8 Å². The second-order valence-electron chi connectivity index (χ2n) is 9.92. The van der Waals surface area contributed by atoms with E-state index in [0.717, 1.165) is 24.4 Å². The van der Waals surface area contributed by atoms with Crippen LogP contribution >= 0.6 is 0 Å². The van der Waals surface area contributed by atoms with E-state index in [4.69, 9.17) is 4.98 Å². The summed E-state index contributed by atoms with van der Waals surface area (Å²) in [4.78, 5) is 45.6. The molecule has 2 amide bonds. The SMILES string of the molecule is CC=NC(=NC)c1cc2c(cn1)nc(-c1ccccc1F)n2[C@@H]1CCC[C@H](N2C(=O)c3ccc(F)cc3C2=O)C1. The number of halogens is 2. The van der Waals surface area contributed by atoms with E-state index in [1.807, 2.05) is 10.6 Å². The third kappa shape index (κ3) is 4.20. The van der Waals surface area contributed by atoms with Crippen molar-refractivity contribution in [3.05, 3.63) is 83.2 Å². The highest BCUT2D eigenvalue weighted by atomic mass is 19.1. The van der Waals surface area contributed by atoms with Gasteiger partial charge in [0.25, 0.3) is 11.8 Å². The van der Waals surface area contributed by atoms with Crippen molar-refractivity contribution in [3.8, 4) is 11.4 Å². The first kappa shape index (κ1) is 25.7. The minimum atomic E-state index is -0.561. The maximum Gasteiger partial charge on any atom is 0.261 e. The lowest BCUT2D eigenvalue weighted by atomic mass is 9.89. The van der Waals surface area contributed by atoms with Crippen LogP contribution in [0.2, 0.25) is 0 Å². The Bertz CT molecular complexity index is 1730. The van der Waals surface area contributed by atoms with Gasteiger partial charge in [-0.05, 0) is 69.0 Å². The smallest absolute Gasteiger partial charge is 0.261 e. The number of rotatable bonds is 4. The first-order valence-electron chi connectivity index (χ1n) is 13.2. The van der Waals surface area contributed by atoms with E-state index in [-0.39, 0.29) is 17.2 Å². The number of imidazole rings is 1. The Morgan fingerprint density at radius 2 is 1.77 bits per heavy atom. The number of aliphatic imine (C=N–C) groups is 2. The molecule has 40 heavy (non-hydrogen) atoms. The number of pyridine rings is 1. The summed E-state index contributed by atoms with van der Waals surface area (Å²) in [7, 11) is 1.63. The third-order valence-corrected chi connectivity index (χ3v) is 7.61. The Kier molecular flexibility index (Phi) is 6.53. The summed E-state index contributed by atoms with van der Waals surface area (Å²) < 4.78 is 31.0. The molecule has 3 heterocycles. The van der Waals surface area contributed by atoms with Crippen molar-refractivity contribution >= 4 is 34.9 Å². The summed E-state index contributed by atoms with van der Waals surface area (Å²) in [5, 5.41) is 0. The Balaban J connectivity index is 1.45. The summed E-state index contributed by atoms with van der Waals surface area (Å²) in [6, 6.07) is 11.4. The largest absolute Gasteiger partial charge is 0.321 e. The molecule has 1 saturated carbocycles. The molecule has 1 aliphatic carbocycles. The van der Waals surface area contributed by atoms with Gasteiger partial charge in [0.2, 0.25) is 0 Å². The second kappa shape index (κ2) is 10.2. The van der Waals surface area contributed by atoms with Gasteiger partial charge in [0, 0.05) is 25.3 Å². The van der Waals surface area contributed by atoms with Crippen molar-refractivity contribution in [1.29, 1.82) is 0 Å². The van der Waals surface area contributed by atoms with E-state index >= 15 is 4.39 Å². The zero-order chi connectivity index (χ0) is 28.0. The van der Waals surface area contributed by atoms with Crippen LogP contribution in [-0.2, 0) is 0 Å². The predicted molar refractivity (Wildman–Crippen MR) is 148 cm³/mol. The summed E-state index contributed by atoms with van der Waals surface area (Å²) in [5.41, 5.74) is 2.50. The van der Waals surface area contributed by atoms with Crippen molar-refractivity contribution < 1.29 is 18.4 Å². The molecule has 2 atom stereocenters. The van der Waals surface area contributed by atoms with Gasteiger partial charge in [0.05, 0.1) is 28.4 Å². The van der Waals surface area contributed by atoms with Crippen LogP contribution in [-0.4, -0.2) is 56.4 Å². The van der Waals surface area contributed by atoms with Crippen LogP contribution in [0.25, 0.3) is 22.4 Å². The molecule has 4 aromatic rings. The van der Waals surface area contributed by atoms with E-state index in [9.17, 15) is 14.0 Å². The van der Waals surface area contributed by atoms with E-state index in [1.54, 1.807) is 44.6 Å². The average molecular weight is 541 g/mol. The van der Waals surface area contributed by atoms with Gasteiger partial charge in [-0.15, -0.1) is 0 Å². The zero-order valence-electron chi connectivity index (χ0n) is 22.0. The first-order chi connectivity index (χ1) is 19.4. The van der Waals surface area contributed by atoms with Crippen LogP contribution < -0.4 is 0 Å². The maximum atomic E-state index is 15.1. The predicted octanol–water partition coefficient (Wildman–Crippen LogP) is 5.62. The number of carbonyl (C=O) groups excluding carboxylic acids is 2. The highest BCUT2D eigenvalue weighted by molar-refractivity contribution is 6.21. The van der Waals surface area contributed by atoms with E-state index in [0.29, 0.717) is 41.3 Å². The van der Waals surface area contributed by atoms with E-state index in [2.05, 4.69) is 15.0 Å². The van der Waals surface area contributed by atoms with Crippen molar-refractivity contribution in [2.45, 2.75) is 44.7 Å². The molecular formula is C30H26F2N6O2. The first-order valence-corrected chi connectivity index (χ1v) is 13.2. The molecule has 0 radical (unpaired) electrons. The summed E-state index contributed by atoms with van der Waals surface area (Å²) in [6.45, 7) is 1.79. The van der Waals surface area contributed by atoms with Crippen molar-refractivity contribution in [3.63, 3.8) is 0 Å². The van der Waals surface area contributed by atoms with Crippen LogP contribution in [0.4, 0.5) is 8.78 Å². The van der Waals surface area contributed by atoms with Crippen LogP contribution in [0.1, 0.15) is 65.1 Å². The Morgan fingerprint density at radius 1 is 1.00 bits per heavy atom. The number of fused-ring (bicyclic) bond motifs is 2. The van der Waals surface area contributed by atoms with Gasteiger partial charge < -0.3 is 4.57 Å². The zero-order valence-corrected chi connectivity index (χ0v) is 22.0. The minimum absolute atomic E-state index is 0.0887. The van der Waals surface area contributed by atoms with Crippen molar-refractivity contribution in [2.24, 2.45) is 9.98 Å². The fourth-order valence-corrected chi connectivity index (χ4v) is 5.86. The Morgan fingerprint density at radius 3 is 2.55 bits per heavy atom. The second-order valence-corrected chi connectivity index (χ2v) is 9.92. The van der Waals surface area contributed by atoms with Crippen LogP contribution in [0.5, 0.6) is 0 Å².